The largest absolute Gasteiger partial charge is 0.392 e. The summed E-state index contributed by atoms with van der Waals surface area (Å²) < 4.78 is 0. The minimum atomic E-state index is -0.0873. The fourth-order valence-corrected chi connectivity index (χ4v) is 4.79. The fraction of sp³-hybridized carbons (Fsp3) is 0.867. The Kier molecular flexibility index (Phi) is 6.62. The number of amides is 1. The van der Waals surface area contributed by atoms with Crippen LogP contribution in [0.1, 0.15) is 51.4 Å². The predicted octanol–water partition coefficient (Wildman–Crippen LogP) is 2.87. The Hall–Kier alpha value is -0.290. The molecule has 1 saturated heterocycles. The number of nitrogens with two attached hydrogens (primary N) is 1. The van der Waals surface area contributed by atoms with Crippen LogP contribution in [0.4, 0.5) is 0 Å². The van der Waals surface area contributed by atoms with Gasteiger partial charge in [-0.25, -0.2) is 0 Å². The van der Waals surface area contributed by atoms with Crippen molar-refractivity contribution in [2.45, 2.75) is 57.4 Å². The SMILES string of the molecule is NC(=S)C(NC(=O)CC1CCSCC1)C1CCCCC1. The van der Waals surface area contributed by atoms with Gasteiger partial charge in [0.2, 0.25) is 5.91 Å². The Morgan fingerprint density at radius 3 is 2.45 bits per heavy atom. The van der Waals surface area contributed by atoms with Crippen LogP contribution in [0.25, 0.3) is 0 Å². The van der Waals surface area contributed by atoms with E-state index in [1.165, 1.54) is 43.6 Å². The zero-order valence-electron chi connectivity index (χ0n) is 12.1. The molecule has 0 aromatic carbocycles. The van der Waals surface area contributed by atoms with Gasteiger partial charge in [-0.1, -0.05) is 31.5 Å². The molecule has 2 fully saturated rings. The van der Waals surface area contributed by atoms with Gasteiger partial charge in [0.1, 0.15) is 0 Å². The van der Waals surface area contributed by atoms with Crippen molar-refractivity contribution in [1.82, 2.24) is 5.32 Å². The van der Waals surface area contributed by atoms with Crippen molar-refractivity contribution in [1.29, 1.82) is 0 Å². The number of hydrogen-bond acceptors (Lipinski definition) is 3. The van der Waals surface area contributed by atoms with Gasteiger partial charge in [-0.05, 0) is 49.0 Å². The van der Waals surface area contributed by atoms with Gasteiger partial charge in [0, 0.05) is 6.42 Å². The van der Waals surface area contributed by atoms with E-state index in [9.17, 15) is 4.79 Å². The molecule has 1 unspecified atom stereocenters. The van der Waals surface area contributed by atoms with Gasteiger partial charge in [-0.15, -0.1) is 0 Å². The van der Waals surface area contributed by atoms with Crippen LogP contribution in [0.5, 0.6) is 0 Å². The number of hydrogen-bond donors (Lipinski definition) is 2. The van der Waals surface area contributed by atoms with Crippen molar-refractivity contribution in [3.05, 3.63) is 0 Å². The lowest BCUT2D eigenvalue weighted by Crippen LogP contribution is -2.49. The molecule has 1 atom stereocenters. The van der Waals surface area contributed by atoms with Crippen LogP contribution in [0, 0.1) is 11.8 Å². The fourth-order valence-electron chi connectivity index (χ4n) is 3.33. The summed E-state index contributed by atoms with van der Waals surface area (Å²) in [4.78, 5) is 12.7. The van der Waals surface area contributed by atoms with E-state index in [0.29, 0.717) is 23.2 Å². The van der Waals surface area contributed by atoms with Crippen LogP contribution in [0.3, 0.4) is 0 Å². The molecule has 1 aliphatic carbocycles. The molecule has 0 aromatic heterocycles. The lowest BCUT2D eigenvalue weighted by atomic mass is 9.83. The Bertz CT molecular complexity index is 337. The second kappa shape index (κ2) is 8.23. The highest BCUT2D eigenvalue weighted by molar-refractivity contribution is 7.99. The monoisotopic (exact) mass is 314 g/mol. The number of carbonyl (C=O) groups is 1. The number of nitrogens with one attached hydrogen (secondary N) is 1. The summed E-state index contributed by atoms with van der Waals surface area (Å²) in [5, 5.41) is 3.12. The molecule has 0 bridgehead atoms. The first-order chi connectivity index (χ1) is 9.66. The van der Waals surface area contributed by atoms with Crippen molar-refractivity contribution in [3.8, 4) is 0 Å². The van der Waals surface area contributed by atoms with Crippen LogP contribution < -0.4 is 11.1 Å². The molecular formula is C15H26N2OS2. The zero-order chi connectivity index (χ0) is 14.4. The lowest BCUT2D eigenvalue weighted by molar-refractivity contribution is -0.122. The Labute approximate surface area is 131 Å². The highest BCUT2D eigenvalue weighted by atomic mass is 32.2. The van der Waals surface area contributed by atoms with E-state index in [4.69, 9.17) is 18.0 Å². The van der Waals surface area contributed by atoms with E-state index in [0.717, 1.165) is 12.8 Å². The van der Waals surface area contributed by atoms with E-state index in [1.54, 1.807) is 0 Å². The van der Waals surface area contributed by atoms with Crippen molar-refractivity contribution in [2.75, 3.05) is 11.5 Å². The van der Waals surface area contributed by atoms with Crippen LogP contribution in [0.15, 0.2) is 0 Å². The van der Waals surface area contributed by atoms with Crippen LogP contribution in [-0.4, -0.2) is 28.4 Å². The third kappa shape index (κ3) is 4.92. The van der Waals surface area contributed by atoms with E-state index in [2.05, 4.69) is 5.32 Å². The van der Waals surface area contributed by atoms with Gasteiger partial charge in [0.25, 0.3) is 0 Å². The van der Waals surface area contributed by atoms with Gasteiger partial charge >= 0.3 is 0 Å². The van der Waals surface area contributed by atoms with Gasteiger partial charge in [0.05, 0.1) is 11.0 Å². The highest BCUT2D eigenvalue weighted by Gasteiger charge is 2.28. The summed E-state index contributed by atoms with van der Waals surface area (Å²) in [6, 6.07) is -0.0873. The second-order valence-corrected chi connectivity index (χ2v) is 7.80. The summed E-state index contributed by atoms with van der Waals surface area (Å²) in [7, 11) is 0. The summed E-state index contributed by atoms with van der Waals surface area (Å²) >= 11 is 7.18. The van der Waals surface area contributed by atoms with Gasteiger partial charge in [0.15, 0.2) is 0 Å². The first-order valence-electron chi connectivity index (χ1n) is 7.83. The van der Waals surface area contributed by atoms with E-state index in [-0.39, 0.29) is 11.9 Å². The molecule has 1 aliphatic heterocycles. The number of thioether (sulfide) groups is 1. The highest BCUT2D eigenvalue weighted by Crippen LogP contribution is 2.28. The van der Waals surface area contributed by atoms with E-state index >= 15 is 0 Å². The van der Waals surface area contributed by atoms with E-state index in [1.807, 2.05) is 11.8 Å². The van der Waals surface area contributed by atoms with Crippen LogP contribution in [-0.2, 0) is 4.79 Å². The molecule has 114 valence electrons. The molecular weight excluding hydrogens is 288 g/mol. The van der Waals surface area contributed by atoms with Gasteiger partial charge in [-0.3, -0.25) is 4.79 Å². The molecule has 20 heavy (non-hydrogen) atoms. The van der Waals surface area contributed by atoms with E-state index < -0.39 is 0 Å². The maximum absolute atomic E-state index is 12.2. The zero-order valence-corrected chi connectivity index (χ0v) is 13.7. The van der Waals surface area contributed by atoms with Crippen molar-refractivity contribution in [2.24, 2.45) is 17.6 Å². The topological polar surface area (TPSA) is 55.1 Å². The van der Waals surface area contributed by atoms with Gasteiger partial charge < -0.3 is 11.1 Å². The quantitative estimate of drug-likeness (QED) is 0.766. The number of rotatable bonds is 5. The smallest absolute Gasteiger partial charge is 0.220 e. The summed E-state index contributed by atoms with van der Waals surface area (Å²) in [6.07, 6.45) is 9.03. The summed E-state index contributed by atoms with van der Waals surface area (Å²) in [5.41, 5.74) is 5.86. The predicted molar refractivity (Wildman–Crippen MR) is 90.0 cm³/mol. The van der Waals surface area contributed by atoms with Crippen LogP contribution in [0.2, 0.25) is 0 Å². The van der Waals surface area contributed by atoms with Crippen molar-refractivity contribution in [3.63, 3.8) is 0 Å². The minimum absolute atomic E-state index is 0.0873. The second-order valence-electron chi connectivity index (χ2n) is 6.11. The number of carbonyl (C=O) groups excluding carboxylic acids is 1. The van der Waals surface area contributed by atoms with Crippen molar-refractivity contribution < 1.29 is 4.79 Å². The first-order valence-corrected chi connectivity index (χ1v) is 9.39. The Balaban J connectivity index is 1.83. The molecule has 0 radical (unpaired) electrons. The Morgan fingerprint density at radius 1 is 1.20 bits per heavy atom. The normalized spacial score (nSPS) is 23.2. The molecule has 3 N–H and O–H groups in total. The average molecular weight is 315 g/mol. The molecule has 2 aliphatic rings. The Morgan fingerprint density at radius 2 is 1.85 bits per heavy atom. The molecule has 2 rings (SSSR count). The standard InChI is InChI=1S/C15H26N2OS2/c16-15(19)14(12-4-2-1-3-5-12)17-13(18)10-11-6-8-20-9-7-11/h11-12,14H,1-10H2,(H2,16,19)(H,17,18). The lowest BCUT2D eigenvalue weighted by Gasteiger charge is -2.31. The molecule has 1 heterocycles. The molecule has 1 amide bonds. The third-order valence-corrected chi connectivity index (χ3v) is 5.86. The third-order valence-electron chi connectivity index (χ3n) is 4.56. The number of thiocarbonyl (C=S) groups is 1. The van der Waals surface area contributed by atoms with Crippen molar-refractivity contribution >= 4 is 34.9 Å². The van der Waals surface area contributed by atoms with Gasteiger partial charge in [-0.2, -0.15) is 11.8 Å². The summed E-state index contributed by atoms with van der Waals surface area (Å²) in [6.45, 7) is 0. The molecule has 1 saturated carbocycles. The maximum Gasteiger partial charge on any atom is 0.220 e. The summed E-state index contributed by atoms with van der Waals surface area (Å²) in [5.74, 6) is 3.53. The maximum atomic E-state index is 12.2. The van der Waals surface area contributed by atoms with Crippen LogP contribution >= 0.6 is 24.0 Å². The minimum Gasteiger partial charge on any atom is -0.392 e. The molecule has 3 nitrogen and oxygen atoms in total. The first kappa shape index (κ1) is 16.1. The molecule has 0 aromatic rings. The molecule has 0 spiro atoms. The molecule has 5 heteroatoms. The average Bonchev–Trinajstić information content (AvgIpc) is 2.46.